The molecule has 0 radical (unpaired) electrons. The van der Waals surface area contributed by atoms with Crippen molar-refractivity contribution in [2.75, 3.05) is 33.4 Å². The predicted octanol–water partition coefficient (Wildman–Crippen LogP) is 3.31. The molecule has 1 saturated heterocycles. The summed E-state index contributed by atoms with van der Waals surface area (Å²) in [4.78, 5) is 7.06. The monoisotopic (exact) mass is 343 g/mol. The van der Waals surface area contributed by atoms with Crippen LogP contribution in [0.4, 0.5) is 0 Å². The van der Waals surface area contributed by atoms with E-state index >= 15 is 0 Å². The number of ether oxygens (including phenoxy) is 2. The molecule has 1 aliphatic carbocycles. The van der Waals surface area contributed by atoms with Crippen molar-refractivity contribution in [2.45, 2.75) is 32.2 Å². The normalized spacial score (nSPS) is 21.5. The van der Waals surface area contributed by atoms with Gasteiger partial charge in [0.15, 0.2) is 0 Å². The Kier molecular flexibility index (Phi) is 4.48. The summed E-state index contributed by atoms with van der Waals surface area (Å²) in [6, 6.07) is 7.80. The van der Waals surface area contributed by atoms with E-state index in [-0.39, 0.29) is 6.04 Å². The lowest BCUT2D eigenvalue weighted by Gasteiger charge is -2.43. The molecule has 1 spiro atoms. The second kappa shape index (κ2) is 6.77. The second-order valence-corrected chi connectivity index (χ2v) is 7.24. The van der Waals surface area contributed by atoms with Crippen LogP contribution < -0.4 is 4.74 Å². The molecule has 25 heavy (non-hydrogen) atoms. The molecule has 1 atom stereocenters. The molecule has 6 heteroatoms. The Bertz CT molecular complexity index is 709. The van der Waals surface area contributed by atoms with Gasteiger partial charge in [-0.1, -0.05) is 11.6 Å². The van der Waals surface area contributed by atoms with Gasteiger partial charge in [-0.15, -0.1) is 0 Å². The molecule has 1 unspecified atom stereocenters. The van der Waals surface area contributed by atoms with Crippen LogP contribution in [-0.2, 0) is 4.74 Å². The fourth-order valence-corrected chi connectivity index (χ4v) is 3.75. The van der Waals surface area contributed by atoms with E-state index in [1.165, 1.54) is 19.3 Å². The van der Waals surface area contributed by atoms with E-state index in [0.717, 1.165) is 37.6 Å². The summed E-state index contributed by atoms with van der Waals surface area (Å²) in [5, 5.41) is 4.17. The van der Waals surface area contributed by atoms with E-state index in [9.17, 15) is 0 Å². The first-order chi connectivity index (χ1) is 12.2. The van der Waals surface area contributed by atoms with Crippen molar-refractivity contribution < 1.29 is 14.0 Å². The minimum Gasteiger partial charge on any atom is -0.497 e. The lowest BCUT2D eigenvalue weighted by Crippen LogP contribution is -2.44. The van der Waals surface area contributed by atoms with Gasteiger partial charge in [-0.05, 0) is 44.0 Å². The van der Waals surface area contributed by atoms with Crippen LogP contribution in [0, 0.1) is 5.41 Å². The van der Waals surface area contributed by atoms with Crippen LogP contribution >= 0.6 is 0 Å². The Morgan fingerprint density at radius 2 is 2.04 bits per heavy atom. The van der Waals surface area contributed by atoms with Crippen LogP contribution in [0.2, 0.25) is 0 Å². The molecular formula is C19H25N3O3. The molecular weight excluding hydrogens is 318 g/mol. The molecule has 1 aromatic heterocycles. The number of hydrogen-bond acceptors (Lipinski definition) is 6. The molecule has 0 N–H and O–H groups in total. The predicted molar refractivity (Wildman–Crippen MR) is 93.4 cm³/mol. The summed E-state index contributed by atoms with van der Waals surface area (Å²) in [5.74, 6) is 2.10. The third-order valence-corrected chi connectivity index (χ3v) is 5.58. The lowest BCUT2D eigenvalue weighted by molar-refractivity contribution is 0.00557. The molecule has 0 amide bonds. The Morgan fingerprint density at radius 3 is 2.72 bits per heavy atom. The molecule has 2 fully saturated rings. The van der Waals surface area contributed by atoms with Gasteiger partial charge in [0.25, 0.3) is 0 Å². The lowest BCUT2D eigenvalue weighted by atomic mass is 9.69. The SMILES string of the molecule is COc1ccc(-c2noc(C(C)N3CCOCC4(CCC4)C3)n2)cc1. The zero-order valence-electron chi connectivity index (χ0n) is 14.9. The van der Waals surface area contributed by atoms with Crippen molar-refractivity contribution in [3.63, 3.8) is 0 Å². The van der Waals surface area contributed by atoms with Gasteiger partial charge in [0.05, 0.1) is 26.4 Å². The molecule has 2 heterocycles. The standard InChI is InChI=1S/C19H25N3O3/c1-14(22-10-11-24-13-19(12-22)8-3-9-19)18-20-17(21-25-18)15-4-6-16(23-2)7-5-15/h4-7,14H,3,8-13H2,1-2H3. The van der Waals surface area contributed by atoms with Gasteiger partial charge in [0.2, 0.25) is 11.7 Å². The van der Waals surface area contributed by atoms with E-state index < -0.39 is 0 Å². The van der Waals surface area contributed by atoms with E-state index in [1.54, 1.807) is 7.11 Å². The van der Waals surface area contributed by atoms with Crippen LogP contribution in [0.3, 0.4) is 0 Å². The van der Waals surface area contributed by atoms with Crippen molar-refractivity contribution >= 4 is 0 Å². The Balaban J connectivity index is 1.50. The summed E-state index contributed by atoms with van der Waals surface area (Å²) in [5.41, 5.74) is 1.27. The van der Waals surface area contributed by atoms with Gasteiger partial charge in [0.1, 0.15) is 5.75 Å². The van der Waals surface area contributed by atoms with Gasteiger partial charge in [-0.25, -0.2) is 0 Å². The minimum absolute atomic E-state index is 0.0960. The quantitative estimate of drug-likeness (QED) is 0.849. The highest BCUT2D eigenvalue weighted by molar-refractivity contribution is 5.55. The first-order valence-electron chi connectivity index (χ1n) is 8.99. The largest absolute Gasteiger partial charge is 0.497 e. The zero-order valence-corrected chi connectivity index (χ0v) is 14.9. The van der Waals surface area contributed by atoms with Crippen LogP contribution in [0.15, 0.2) is 28.8 Å². The van der Waals surface area contributed by atoms with Crippen molar-refractivity contribution in [2.24, 2.45) is 5.41 Å². The molecule has 2 aliphatic rings. The fraction of sp³-hybridized carbons (Fsp3) is 0.579. The van der Waals surface area contributed by atoms with Crippen molar-refractivity contribution in [3.8, 4) is 17.1 Å². The third kappa shape index (κ3) is 3.28. The van der Waals surface area contributed by atoms with Crippen LogP contribution in [0.1, 0.15) is 38.1 Å². The first kappa shape index (κ1) is 16.5. The number of rotatable bonds is 4. The third-order valence-electron chi connectivity index (χ3n) is 5.58. The van der Waals surface area contributed by atoms with E-state index in [2.05, 4.69) is 22.0 Å². The smallest absolute Gasteiger partial charge is 0.244 e. The number of benzene rings is 1. The Hall–Kier alpha value is -1.92. The number of hydrogen-bond donors (Lipinski definition) is 0. The maximum atomic E-state index is 5.84. The number of methoxy groups -OCH3 is 1. The Morgan fingerprint density at radius 1 is 1.24 bits per heavy atom. The van der Waals surface area contributed by atoms with Crippen molar-refractivity contribution in [1.29, 1.82) is 0 Å². The highest BCUT2D eigenvalue weighted by Gasteiger charge is 2.41. The van der Waals surface area contributed by atoms with E-state index in [0.29, 0.717) is 17.1 Å². The average Bonchev–Trinajstić information content (AvgIpc) is 2.99. The highest BCUT2D eigenvalue weighted by atomic mass is 16.5. The van der Waals surface area contributed by atoms with Gasteiger partial charge < -0.3 is 14.0 Å². The zero-order chi connectivity index (χ0) is 17.3. The maximum absolute atomic E-state index is 5.84. The van der Waals surface area contributed by atoms with Gasteiger partial charge in [-0.2, -0.15) is 4.98 Å². The van der Waals surface area contributed by atoms with Gasteiger partial charge >= 0.3 is 0 Å². The molecule has 0 bridgehead atoms. The van der Waals surface area contributed by atoms with Crippen molar-refractivity contribution in [1.82, 2.24) is 15.0 Å². The molecule has 2 aromatic rings. The summed E-state index contributed by atoms with van der Waals surface area (Å²) in [6.07, 6.45) is 3.84. The maximum Gasteiger partial charge on any atom is 0.244 e. The minimum atomic E-state index is 0.0960. The number of nitrogens with zero attached hydrogens (tertiary/aromatic N) is 3. The highest BCUT2D eigenvalue weighted by Crippen LogP contribution is 2.44. The van der Waals surface area contributed by atoms with Crippen LogP contribution in [-0.4, -0.2) is 48.5 Å². The first-order valence-corrected chi connectivity index (χ1v) is 8.99. The summed E-state index contributed by atoms with van der Waals surface area (Å²) < 4.78 is 16.6. The Labute approximate surface area is 148 Å². The topological polar surface area (TPSA) is 60.6 Å². The summed E-state index contributed by atoms with van der Waals surface area (Å²) >= 11 is 0. The molecule has 1 saturated carbocycles. The molecule has 4 rings (SSSR count). The van der Waals surface area contributed by atoms with E-state index in [1.807, 2.05) is 24.3 Å². The molecule has 1 aromatic carbocycles. The van der Waals surface area contributed by atoms with Crippen molar-refractivity contribution in [3.05, 3.63) is 30.2 Å². The average molecular weight is 343 g/mol. The summed E-state index contributed by atoms with van der Waals surface area (Å²) in [7, 11) is 1.66. The molecule has 6 nitrogen and oxygen atoms in total. The second-order valence-electron chi connectivity index (χ2n) is 7.24. The van der Waals surface area contributed by atoms with Gasteiger partial charge in [0, 0.05) is 24.1 Å². The molecule has 1 aliphatic heterocycles. The summed E-state index contributed by atoms with van der Waals surface area (Å²) in [6.45, 7) is 5.75. The van der Waals surface area contributed by atoms with Crippen LogP contribution in [0.25, 0.3) is 11.4 Å². The number of aromatic nitrogens is 2. The van der Waals surface area contributed by atoms with Crippen LogP contribution in [0.5, 0.6) is 5.75 Å². The van der Waals surface area contributed by atoms with Gasteiger partial charge in [-0.3, -0.25) is 4.90 Å². The molecule has 134 valence electrons. The van der Waals surface area contributed by atoms with E-state index in [4.69, 9.17) is 14.0 Å². The fourth-order valence-electron chi connectivity index (χ4n) is 3.75.